The van der Waals surface area contributed by atoms with E-state index in [9.17, 15) is 31.4 Å². The molecule has 0 aliphatic carbocycles. The van der Waals surface area contributed by atoms with Crippen molar-refractivity contribution in [3.05, 3.63) is 35.2 Å². The van der Waals surface area contributed by atoms with Crippen molar-refractivity contribution >= 4 is 17.2 Å². The van der Waals surface area contributed by atoms with E-state index in [1.54, 1.807) is 18.7 Å². The van der Waals surface area contributed by atoms with Gasteiger partial charge in [-0.15, -0.1) is 5.10 Å². The van der Waals surface area contributed by atoms with Crippen LogP contribution in [0, 0.1) is 5.92 Å². The van der Waals surface area contributed by atoms with Crippen LogP contribution in [0.1, 0.15) is 43.5 Å². The van der Waals surface area contributed by atoms with Crippen molar-refractivity contribution in [1.82, 2.24) is 24.5 Å². The first kappa shape index (κ1) is 29.3. The summed E-state index contributed by atoms with van der Waals surface area (Å²) in [5.41, 5.74) is 1.71. The van der Waals surface area contributed by atoms with Crippen molar-refractivity contribution < 1.29 is 36.2 Å². The Morgan fingerprint density at radius 1 is 1.00 bits per heavy atom. The number of rotatable bonds is 5. The molecule has 5 heterocycles. The van der Waals surface area contributed by atoms with Crippen LogP contribution in [0.5, 0.6) is 0 Å². The number of nitrogens with zero attached hydrogens (tertiary/aromatic N) is 6. The SMILES string of the molecule is CC(C)(O)C1CCN(Cc2cc3c(N4CCOCC4)nc(-c4cnc(N)cc4C(F)(F)F)nn3c2C(F)(F)F)CC1. The number of alkyl halides is 6. The Balaban J connectivity index is 1.65. The van der Waals surface area contributed by atoms with Crippen molar-refractivity contribution in [2.45, 2.75) is 51.2 Å². The van der Waals surface area contributed by atoms with Gasteiger partial charge in [-0.2, -0.15) is 26.3 Å². The first-order chi connectivity index (χ1) is 19.1. The molecule has 3 aromatic heterocycles. The van der Waals surface area contributed by atoms with Gasteiger partial charge in [0.25, 0.3) is 0 Å². The lowest BCUT2D eigenvalue weighted by Crippen LogP contribution is -2.41. The molecular weight excluding hydrogens is 556 g/mol. The molecule has 2 aliphatic rings. The van der Waals surface area contributed by atoms with Crippen molar-refractivity contribution in [3.8, 4) is 11.4 Å². The number of aliphatic hydroxyl groups is 1. The molecule has 0 atom stereocenters. The zero-order chi connectivity index (χ0) is 29.7. The van der Waals surface area contributed by atoms with Crippen LogP contribution < -0.4 is 10.6 Å². The third-order valence-electron chi connectivity index (χ3n) is 7.72. The maximum Gasteiger partial charge on any atom is 0.433 e. The van der Waals surface area contributed by atoms with Gasteiger partial charge in [-0.1, -0.05) is 0 Å². The number of hydrogen-bond donors (Lipinski definition) is 2. The summed E-state index contributed by atoms with van der Waals surface area (Å²) in [6, 6.07) is 1.98. The van der Waals surface area contributed by atoms with Gasteiger partial charge in [0.15, 0.2) is 17.3 Å². The van der Waals surface area contributed by atoms with Gasteiger partial charge in [0.2, 0.25) is 0 Å². The summed E-state index contributed by atoms with van der Waals surface area (Å²) in [5.74, 6) is -0.868. The maximum absolute atomic E-state index is 14.6. The van der Waals surface area contributed by atoms with Crippen molar-refractivity contribution in [2.75, 3.05) is 50.0 Å². The van der Waals surface area contributed by atoms with E-state index in [0.717, 1.165) is 6.20 Å². The fraction of sp³-hybridized carbons (Fsp3) is 0.577. The molecule has 0 spiro atoms. The minimum Gasteiger partial charge on any atom is -0.390 e. The van der Waals surface area contributed by atoms with E-state index in [-0.39, 0.29) is 55.7 Å². The van der Waals surface area contributed by atoms with Crippen LogP contribution in [0.25, 0.3) is 16.9 Å². The number of ether oxygens (including phenoxy) is 1. The Labute approximate surface area is 231 Å². The standard InChI is InChI=1S/C26H31F6N7O2/c1-24(2,40)16-3-5-37(6-4-16)14-15-11-19-23(38-7-9-41-10-8-38)35-22(36-39(19)21(15)26(30,31)32)17-13-34-20(33)12-18(17)25(27,28)29/h11-13,16,40H,3-10,14H2,1-2H3,(H2,33,34). The van der Waals surface area contributed by atoms with E-state index < -0.39 is 46.4 Å². The zero-order valence-electron chi connectivity index (χ0n) is 22.6. The summed E-state index contributed by atoms with van der Waals surface area (Å²) >= 11 is 0. The summed E-state index contributed by atoms with van der Waals surface area (Å²) in [6.07, 6.45) is -7.69. The van der Waals surface area contributed by atoms with Gasteiger partial charge in [0.1, 0.15) is 11.3 Å². The van der Waals surface area contributed by atoms with Gasteiger partial charge in [-0.05, 0) is 63.4 Å². The van der Waals surface area contributed by atoms with E-state index in [2.05, 4.69) is 15.1 Å². The molecule has 0 amide bonds. The molecule has 0 radical (unpaired) electrons. The van der Waals surface area contributed by atoms with Gasteiger partial charge in [-0.25, -0.2) is 14.5 Å². The number of likely N-dealkylation sites (tertiary alicyclic amines) is 1. The number of fused-ring (bicyclic) bond motifs is 1. The molecule has 9 nitrogen and oxygen atoms in total. The number of aromatic nitrogens is 4. The Morgan fingerprint density at radius 2 is 1.66 bits per heavy atom. The van der Waals surface area contributed by atoms with Gasteiger partial charge in [-0.3, -0.25) is 4.90 Å². The molecule has 0 saturated carbocycles. The predicted molar refractivity (Wildman–Crippen MR) is 138 cm³/mol. The Morgan fingerprint density at radius 3 is 2.24 bits per heavy atom. The normalized spacial score (nSPS) is 18.4. The lowest BCUT2D eigenvalue weighted by molar-refractivity contribution is -0.143. The molecule has 3 N–H and O–H groups in total. The predicted octanol–water partition coefficient (Wildman–Crippen LogP) is 4.23. The van der Waals surface area contributed by atoms with Crippen LogP contribution in [0.2, 0.25) is 0 Å². The van der Waals surface area contributed by atoms with Gasteiger partial charge in [0, 0.05) is 25.8 Å². The summed E-state index contributed by atoms with van der Waals surface area (Å²) in [7, 11) is 0. The second-order valence-corrected chi connectivity index (χ2v) is 11.0. The summed E-state index contributed by atoms with van der Waals surface area (Å²) < 4.78 is 91.8. The average molecular weight is 588 g/mol. The fourth-order valence-electron chi connectivity index (χ4n) is 5.56. The fourth-order valence-corrected chi connectivity index (χ4v) is 5.56. The minimum atomic E-state index is -4.88. The first-order valence-electron chi connectivity index (χ1n) is 13.2. The molecule has 0 unspecified atom stereocenters. The zero-order valence-corrected chi connectivity index (χ0v) is 22.6. The van der Waals surface area contributed by atoms with E-state index in [1.807, 2.05) is 4.90 Å². The molecule has 0 aromatic carbocycles. The van der Waals surface area contributed by atoms with Crippen LogP contribution in [0.4, 0.5) is 38.0 Å². The van der Waals surface area contributed by atoms with E-state index >= 15 is 0 Å². The third kappa shape index (κ3) is 6.06. The highest BCUT2D eigenvalue weighted by Crippen LogP contribution is 2.40. The Kier molecular flexibility index (Phi) is 7.57. The van der Waals surface area contributed by atoms with Gasteiger partial charge >= 0.3 is 12.4 Å². The molecule has 5 rings (SSSR count). The molecular formula is C26H31F6N7O2. The maximum atomic E-state index is 14.6. The molecule has 2 saturated heterocycles. The molecule has 3 aromatic rings. The number of nitrogens with two attached hydrogens (primary N) is 1. The van der Waals surface area contributed by atoms with Crippen LogP contribution in [0.3, 0.4) is 0 Å². The van der Waals surface area contributed by atoms with Gasteiger partial charge < -0.3 is 20.5 Å². The minimum absolute atomic E-state index is 0.0200. The highest BCUT2D eigenvalue weighted by molar-refractivity contribution is 5.75. The number of nitrogen functional groups attached to an aromatic ring is 1. The molecule has 15 heteroatoms. The average Bonchev–Trinajstić information content (AvgIpc) is 3.26. The Hall–Kier alpha value is -3.17. The first-order valence-corrected chi connectivity index (χ1v) is 13.2. The van der Waals surface area contributed by atoms with Crippen LogP contribution in [-0.4, -0.2) is 74.6 Å². The molecule has 41 heavy (non-hydrogen) atoms. The molecule has 0 bridgehead atoms. The number of halogens is 6. The quantitative estimate of drug-likeness (QED) is 0.428. The number of anilines is 2. The molecule has 224 valence electrons. The number of piperidine rings is 1. The summed E-state index contributed by atoms with van der Waals surface area (Å²) in [5, 5.41) is 14.4. The number of hydrogen-bond acceptors (Lipinski definition) is 8. The second-order valence-electron chi connectivity index (χ2n) is 11.0. The second kappa shape index (κ2) is 10.6. The van der Waals surface area contributed by atoms with Crippen LogP contribution in [0.15, 0.2) is 18.3 Å². The van der Waals surface area contributed by atoms with E-state index in [0.29, 0.717) is 36.5 Å². The van der Waals surface area contributed by atoms with E-state index in [4.69, 9.17) is 10.5 Å². The lowest BCUT2D eigenvalue weighted by Gasteiger charge is -2.37. The van der Waals surface area contributed by atoms with Crippen LogP contribution in [-0.2, 0) is 23.6 Å². The number of morpholine rings is 1. The smallest absolute Gasteiger partial charge is 0.390 e. The monoisotopic (exact) mass is 587 g/mol. The number of pyridine rings is 1. The Bertz CT molecular complexity index is 1400. The highest BCUT2D eigenvalue weighted by atomic mass is 19.4. The van der Waals surface area contributed by atoms with E-state index in [1.165, 1.54) is 6.07 Å². The van der Waals surface area contributed by atoms with Gasteiger partial charge in [0.05, 0.1) is 29.9 Å². The molecule has 2 fully saturated rings. The lowest BCUT2D eigenvalue weighted by atomic mass is 9.83. The summed E-state index contributed by atoms with van der Waals surface area (Å²) in [6.45, 7) is 5.48. The largest absolute Gasteiger partial charge is 0.433 e. The summed E-state index contributed by atoms with van der Waals surface area (Å²) in [4.78, 5) is 11.7. The van der Waals surface area contributed by atoms with Crippen molar-refractivity contribution in [1.29, 1.82) is 0 Å². The topological polar surface area (TPSA) is 105 Å². The highest BCUT2D eigenvalue weighted by Gasteiger charge is 2.41. The van der Waals surface area contributed by atoms with Crippen LogP contribution >= 0.6 is 0 Å². The third-order valence-corrected chi connectivity index (χ3v) is 7.72. The molecule has 2 aliphatic heterocycles. The van der Waals surface area contributed by atoms with Crippen molar-refractivity contribution in [3.63, 3.8) is 0 Å². The van der Waals surface area contributed by atoms with Crippen molar-refractivity contribution in [2.24, 2.45) is 5.92 Å².